The summed E-state index contributed by atoms with van der Waals surface area (Å²) in [7, 11) is 0. The van der Waals surface area contributed by atoms with Crippen LogP contribution in [0.1, 0.15) is 5.56 Å². The number of anilines is 1. The molecule has 0 aliphatic rings. The van der Waals surface area contributed by atoms with E-state index in [2.05, 4.69) is 21.2 Å². The van der Waals surface area contributed by atoms with Crippen molar-refractivity contribution in [2.24, 2.45) is 0 Å². The van der Waals surface area contributed by atoms with Crippen LogP contribution in [0.3, 0.4) is 0 Å². The van der Waals surface area contributed by atoms with Gasteiger partial charge in [0.15, 0.2) is 11.6 Å². The molecule has 0 saturated heterocycles. The third-order valence-electron chi connectivity index (χ3n) is 2.43. The summed E-state index contributed by atoms with van der Waals surface area (Å²) in [6.07, 6.45) is 0. The van der Waals surface area contributed by atoms with Crippen molar-refractivity contribution in [3.63, 3.8) is 0 Å². The Kier molecular flexibility index (Phi) is 4.09. The molecule has 0 amide bonds. The fourth-order valence-electron chi connectivity index (χ4n) is 1.49. The Hall–Kier alpha value is -1.26. The van der Waals surface area contributed by atoms with Crippen LogP contribution < -0.4 is 5.32 Å². The van der Waals surface area contributed by atoms with Gasteiger partial charge in [-0.1, -0.05) is 33.6 Å². The highest BCUT2D eigenvalue weighted by atomic mass is 79.9. The van der Waals surface area contributed by atoms with Gasteiger partial charge in [0, 0.05) is 11.0 Å². The van der Waals surface area contributed by atoms with Crippen molar-refractivity contribution in [3.05, 3.63) is 57.3 Å². The second-order valence-corrected chi connectivity index (χ2v) is 5.09. The van der Waals surface area contributed by atoms with E-state index >= 15 is 0 Å². The van der Waals surface area contributed by atoms with Gasteiger partial charge in [-0.3, -0.25) is 0 Å². The zero-order valence-electron chi connectivity index (χ0n) is 9.25. The maximum absolute atomic E-state index is 13.1. The highest BCUT2D eigenvalue weighted by Crippen LogP contribution is 2.26. The number of hydrogen-bond acceptors (Lipinski definition) is 2. The number of hydrogen-bond donors (Lipinski definition) is 2. The Morgan fingerprint density at radius 1 is 1.22 bits per heavy atom. The van der Waals surface area contributed by atoms with Crippen molar-refractivity contribution < 1.29 is 9.50 Å². The highest BCUT2D eigenvalue weighted by Gasteiger charge is 2.03. The molecule has 0 unspecified atom stereocenters. The van der Waals surface area contributed by atoms with Crippen molar-refractivity contribution >= 4 is 33.2 Å². The third kappa shape index (κ3) is 3.15. The second kappa shape index (κ2) is 5.59. The van der Waals surface area contributed by atoms with Crippen molar-refractivity contribution in [2.75, 3.05) is 5.32 Å². The molecule has 0 saturated carbocycles. The van der Waals surface area contributed by atoms with Gasteiger partial charge >= 0.3 is 0 Å². The summed E-state index contributed by atoms with van der Waals surface area (Å²) in [5, 5.41) is 12.8. The number of halogens is 3. The van der Waals surface area contributed by atoms with Crippen LogP contribution in [0.5, 0.6) is 5.75 Å². The maximum Gasteiger partial charge on any atom is 0.165 e. The number of nitrogens with one attached hydrogen (secondary N) is 1. The van der Waals surface area contributed by atoms with Crippen molar-refractivity contribution in [1.29, 1.82) is 0 Å². The monoisotopic (exact) mass is 329 g/mol. The lowest BCUT2D eigenvalue weighted by molar-refractivity contribution is 0.432. The van der Waals surface area contributed by atoms with E-state index in [-0.39, 0.29) is 5.75 Å². The van der Waals surface area contributed by atoms with E-state index in [0.717, 1.165) is 15.7 Å². The van der Waals surface area contributed by atoms with E-state index in [1.54, 1.807) is 12.1 Å². The molecule has 0 aromatic heterocycles. The molecule has 2 aromatic carbocycles. The van der Waals surface area contributed by atoms with Gasteiger partial charge in [0.2, 0.25) is 0 Å². The summed E-state index contributed by atoms with van der Waals surface area (Å²) >= 11 is 9.37. The first kappa shape index (κ1) is 13.2. The Morgan fingerprint density at radius 3 is 2.67 bits per heavy atom. The van der Waals surface area contributed by atoms with E-state index < -0.39 is 5.82 Å². The summed E-state index contributed by atoms with van der Waals surface area (Å²) in [6.45, 7) is 0.429. The summed E-state index contributed by atoms with van der Waals surface area (Å²) in [5.74, 6) is -0.975. The third-order valence-corrected chi connectivity index (χ3v) is 3.23. The highest BCUT2D eigenvalue weighted by molar-refractivity contribution is 9.10. The molecule has 5 heteroatoms. The molecule has 0 radical (unpaired) electrons. The van der Waals surface area contributed by atoms with Gasteiger partial charge in [-0.25, -0.2) is 4.39 Å². The zero-order chi connectivity index (χ0) is 13.1. The van der Waals surface area contributed by atoms with Crippen LogP contribution in [0, 0.1) is 5.82 Å². The van der Waals surface area contributed by atoms with Gasteiger partial charge < -0.3 is 10.4 Å². The molecule has 2 aromatic rings. The summed E-state index contributed by atoms with van der Waals surface area (Å²) in [6, 6.07) is 9.75. The lowest BCUT2D eigenvalue weighted by atomic mass is 10.2. The molecule has 0 heterocycles. The fraction of sp³-hybridized carbons (Fsp3) is 0.0769. The van der Waals surface area contributed by atoms with Crippen LogP contribution in [-0.2, 0) is 6.54 Å². The maximum atomic E-state index is 13.1. The van der Waals surface area contributed by atoms with Gasteiger partial charge in [0.25, 0.3) is 0 Å². The number of phenols is 1. The topological polar surface area (TPSA) is 32.3 Å². The van der Waals surface area contributed by atoms with Crippen molar-refractivity contribution in [3.8, 4) is 5.75 Å². The van der Waals surface area contributed by atoms with Crippen LogP contribution in [0.15, 0.2) is 40.9 Å². The predicted molar refractivity (Wildman–Crippen MR) is 74.5 cm³/mol. The molecule has 0 aliphatic carbocycles. The first-order chi connectivity index (χ1) is 8.56. The molecular weight excluding hydrogens is 321 g/mol. The Labute approximate surface area is 118 Å². The molecule has 18 heavy (non-hydrogen) atoms. The smallest absolute Gasteiger partial charge is 0.165 e. The minimum absolute atomic E-state index is 0.347. The average Bonchev–Trinajstić information content (AvgIpc) is 2.32. The summed E-state index contributed by atoms with van der Waals surface area (Å²) < 4.78 is 14.0. The normalized spacial score (nSPS) is 10.4. The average molecular weight is 331 g/mol. The van der Waals surface area contributed by atoms with Gasteiger partial charge in [0.1, 0.15) is 0 Å². The van der Waals surface area contributed by atoms with E-state index in [0.29, 0.717) is 11.6 Å². The molecule has 0 fully saturated rings. The number of phenolic OH excluding ortho intramolecular Hbond substituents is 1. The molecule has 0 bridgehead atoms. The standard InChI is InChI=1S/C13H10BrClFNO/c14-9-2-3-12(10(15)6-9)17-7-8-1-4-13(18)11(16)5-8/h1-6,17-18H,7H2. The quantitative estimate of drug-likeness (QED) is 0.864. The van der Waals surface area contributed by atoms with Crippen LogP contribution in [-0.4, -0.2) is 5.11 Å². The molecule has 0 atom stereocenters. The Morgan fingerprint density at radius 2 is 2.00 bits per heavy atom. The summed E-state index contributed by atoms with van der Waals surface area (Å²) in [5.41, 5.74) is 1.50. The number of rotatable bonds is 3. The SMILES string of the molecule is Oc1ccc(CNc2ccc(Br)cc2Cl)cc1F. The molecule has 2 nitrogen and oxygen atoms in total. The Bertz CT molecular complexity index is 577. The van der Waals surface area contributed by atoms with Crippen LogP contribution in [0.2, 0.25) is 5.02 Å². The van der Waals surface area contributed by atoms with Gasteiger partial charge in [-0.15, -0.1) is 0 Å². The molecule has 0 aliphatic heterocycles. The second-order valence-electron chi connectivity index (χ2n) is 3.76. The van der Waals surface area contributed by atoms with E-state index in [4.69, 9.17) is 16.7 Å². The minimum Gasteiger partial charge on any atom is -0.505 e. The number of aromatic hydroxyl groups is 1. The largest absolute Gasteiger partial charge is 0.505 e. The summed E-state index contributed by atoms with van der Waals surface area (Å²) in [4.78, 5) is 0. The van der Waals surface area contributed by atoms with Crippen LogP contribution >= 0.6 is 27.5 Å². The van der Waals surface area contributed by atoms with E-state index in [9.17, 15) is 4.39 Å². The van der Waals surface area contributed by atoms with Gasteiger partial charge in [0.05, 0.1) is 10.7 Å². The molecular formula is C13H10BrClFNO. The molecule has 2 N–H and O–H groups in total. The van der Waals surface area contributed by atoms with Crippen molar-refractivity contribution in [1.82, 2.24) is 0 Å². The fourth-order valence-corrected chi connectivity index (χ4v) is 2.23. The zero-order valence-corrected chi connectivity index (χ0v) is 11.6. The van der Waals surface area contributed by atoms with Crippen LogP contribution in [0.4, 0.5) is 10.1 Å². The lowest BCUT2D eigenvalue weighted by Gasteiger charge is -2.09. The molecule has 2 rings (SSSR count). The van der Waals surface area contributed by atoms with Crippen molar-refractivity contribution in [2.45, 2.75) is 6.54 Å². The van der Waals surface area contributed by atoms with E-state index in [1.165, 1.54) is 12.1 Å². The molecule has 0 spiro atoms. The number of benzene rings is 2. The molecule has 94 valence electrons. The van der Waals surface area contributed by atoms with Crippen LogP contribution in [0.25, 0.3) is 0 Å². The van der Waals surface area contributed by atoms with Gasteiger partial charge in [-0.2, -0.15) is 0 Å². The van der Waals surface area contributed by atoms with E-state index in [1.807, 2.05) is 12.1 Å². The lowest BCUT2D eigenvalue weighted by Crippen LogP contribution is -2.00. The first-order valence-corrected chi connectivity index (χ1v) is 6.39. The van der Waals surface area contributed by atoms with Gasteiger partial charge in [-0.05, 0) is 35.9 Å². The Balaban J connectivity index is 2.09. The predicted octanol–water partition coefficient (Wildman–Crippen LogP) is 4.56. The first-order valence-electron chi connectivity index (χ1n) is 5.22. The minimum atomic E-state index is -0.629.